The molecule has 1 N–H and O–H groups in total. The van der Waals surface area contributed by atoms with E-state index in [0.717, 1.165) is 32.7 Å². The van der Waals surface area contributed by atoms with Gasteiger partial charge in [-0.1, -0.05) is 42.5 Å². The monoisotopic (exact) mass is 342 g/mol. The molecular formula is C21H30N2O2. The summed E-state index contributed by atoms with van der Waals surface area (Å²) in [6.45, 7) is 10.2. The maximum absolute atomic E-state index is 10.1. The molecule has 1 saturated heterocycles. The zero-order chi connectivity index (χ0) is 17.6. The highest BCUT2D eigenvalue weighted by Crippen LogP contribution is 2.20. The van der Waals surface area contributed by atoms with E-state index in [1.165, 1.54) is 16.3 Å². The van der Waals surface area contributed by atoms with E-state index in [-0.39, 0.29) is 6.10 Å². The Bertz CT molecular complexity index is 660. The number of ether oxygens (including phenoxy) is 1. The minimum atomic E-state index is -0.396. The van der Waals surface area contributed by atoms with Gasteiger partial charge in [0.25, 0.3) is 0 Å². The Morgan fingerprint density at radius 2 is 1.64 bits per heavy atom. The van der Waals surface area contributed by atoms with E-state index < -0.39 is 6.10 Å². The third-order valence-corrected chi connectivity index (χ3v) is 4.83. The van der Waals surface area contributed by atoms with Gasteiger partial charge in [0.05, 0.1) is 18.8 Å². The van der Waals surface area contributed by atoms with Crippen molar-refractivity contribution in [3.05, 3.63) is 48.0 Å². The minimum absolute atomic E-state index is 0.173. The fourth-order valence-electron chi connectivity index (χ4n) is 3.46. The van der Waals surface area contributed by atoms with E-state index in [1.54, 1.807) is 0 Å². The van der Waals surface area contributed by atoms with Gasteiger partial charge < -0.3 is 9.84 Å². The van der Waals surface area contributed by atoms with Crippen LogP contribution in [0.2, 0.25) is 0 Å². The summed E-state index contributed by atoms with van der Waals surface area (Å²) >= 11 is 0. The molecule has 3 rings (SSSR count). The average Bonchev–Trinajstić information content (AvgIpc) is 2.62. The van der Waals surface area contributed by atoms with Gasteiger partial charge in [-0.2, -0.15) is 0 Å². The lowest BCUT2D eigenvalue weighted by Crippen LogP contribution is -2.48. The van der Waals surface area contributed by atoms with Gasteiger partial charge in [0.1, 0.15) is 0 Å². The first-order valence-electron chi connectivity index (χ1n) is 9.33. The van der Waals surface area contributed by atoms with Gasteiger partial charge in [0.2, 0.25) is 0 Å². The quantitative estimate of drug-likeness (QED) is 0.839. The number of hydrogen-bond acceptors (Lipinski definition) is 4. The maximum atomic E-state index is 10.1. The first-order chi connectivity index (χ1) is 12.1. The Hall–Kier alpha value is -1.46. The fourth-order valence-corrected chi connectivity index (χ4v) is 3.46. The molecule has 0 spiro atoms. The van der Waals surface area contributed by atoms with Crippen molar-refractivity contribution >= 4 is 10.8 Å². The van der Waals surface area contributed by atoms with E-state index in [4.69, 9.17) is 4.74 Å². The van der Waals surface area contributed by atoms with E-state index in [1.807, 2.05) is 13.8 Å². The van der Waals surface area contributed by atoms with Crippen molar-refractivity contribution in [2.24, 2.45) is 0 Å². The molecule has 1 unspecified atom stereocenters. The number of β-amino-alcohol motifs (C(OH)–C–C–N with tert-alkyl or cyclic N) is 1. The number of aliphatic hydroxyl groups excluding tert-OH is 1. The molecule has 0 saturated carbocycles. The Balaban J connectivity index is 1.49. The lowest BCUT2D eigenvalue weighted by atomic mass is 10.0. The van der Waals surface area contributed by atoms with E-state index in [2.05, 4.69) is 52.3 Å². The zero-order valence-corrected chi connectivity index (χ0v) is 15.4. The summed E-state index contributed by atoms with van der Waals surface area (Å²) in [6, 6.07) is 15.2. The normalized spacial score (nSPS) is 18.1. The van der Waals surface area contributed by atoms with Crippen LogP contribution in [0.1, 0.15) is 19.4 Å². The third kappa shape index (κ3) is 5.25. The van der Waals surface area contributed by atoms with Crippen LogP contribution in [-0.2, 0) is 11.3 Å². The molecule has 1 heterocycles. The first-order valence-corrected chi connectivity index (χ1v) is 9.33. The van der Waals surface area contributed by atoms with Crippen LogP contribution in [0.4, 0.5) is 0 Å². The van der Waals surface area contributed by atoms with Crippen LogP contribution >= 0.6 is 0 Å². The second kappa shape index (κ2) is 8.77. The number of aliphatic hydroxyl groups is 1. The Kier molecular flexibility index (Phi) is 6.43. The summed E-state index contributed by atoms with van der Waals surface area (Å²) in [7, 11) is 0. The summed E-state index contributed by atoms with van der Waals surface area (Å²) in [4.78, 5) is 4.85. The van der Waals surface area contributed by atoms with Crippen LogP contribution in [0.25, 0.3) is 10.8 Å². The molecule has 2 aromatic carbocycles. The molecule has 136 valence electrons. The van der Waals surface area contributed by atoms with Crippen LogP contribution in [0, 0.1) is 0 Å². The van der Waals surface area contributed by atoms with E-state index in [0.29, 0.717) is 13.2 Å². The summed E-state index contributed by atoms with van der Waals surface area (Å²) in [5, 5.41) is 12.8. The highest BCUT2D eigenvalue weighted by atomic mass is 16.5. The molecule has 1 aliphatic heterocycles. The maximum Gasteiger partial charge on any atom is 0.0900 e. The molecule has 25 heavy (non-hydrogen) atoms. The first kappa shape index (κ1) is 18.3. The van der Waals surface area contributed by atoms with Gasteiger partial charge in [-0.3, -0.25) is 9.80 Å². The van der Waals surface area contributed by atoms with Crippen LogP contribution in [0.3, 0.4) is 0 Å². The zero-order valence-electron chi connectivity index (χ0n) is 15.4. The lowest BCUT2D eigenvalue weighted by Gasteiger charge is -2.35. The fraction of sp³-hybridized carbons (Fsp3) is 0.524. The molecule has 0 aliphatic carbocycles. The van der Waals surface area contributed by atoms with Crippen molar-refractivity contribution in [1.82, 2.24) is 9.80 Å². The molecule has 0 bridgehead atoms. The SMILES string of the molecule is CC(C)OCC(O)CN1CCN(Cc2cccc3ccccc23)CC1. The largest absolute Gasteiger partial charge is 0.389 e. The summed E-state index contributed by atoms with van der Waals surface area (Å²) in [5.41, 5.74) is 1.40. The van der Waals surface area contributed by atoms with Crippen molar-refractivity contribution in [2.45, 2.75) is 32.6 Å². The van der Waals surface area contributed by atoms with Crippen molar-refractivity contribution in [3.63, 3.8) is 0 Å². The molecule has 1 aliphatic rings. The number of hydrogen-bond donors (Lipinski definition) is 1. The molecule has 0 amide bonds. The lowest BCUT2D eigenvalue weighted by molar-refractivity contribution is -0.0148. The van der Waals surface area contributed by atoms with Gasteiger partial charge in [-0.25, -0.2) is 0 Å². The molecule has 0 aromatic heterocycles. The molecule has 4 heteroatoms. The second-order valence-corrected chi connectivity index (χ2v) is 7.25. The van der Waals surface area contributed by atoms with Crippen LogP contribution in [0.15, 0.2) is 42.5 Å². The number of fused-ring (bicyclic) bond motifs is 1. The van der Waals surface area contributed by atoms with Crippen molar-refractivity contribution < 1.29 is 9.84 Å². The van der Waals surface area contributed by atoms with Crippen molar-refractivity contribution in [2.75, 3.05) is 39.3 Å². The van der Waals surface area contributed by atoms with Crippen LogP contribution < -0.4 is 0 Å². The summed E-state index contributed by atoms with van der Waals surface area (Å²) in [5.74, 6) is 0. The number of nitrogens with zero attached hydrogens (tertiary/aromatic N) is 2. The van der Waals surface area contributed by atoms with E-state index >= 15 is 0 Å². The Morgan fingerprint density at radius 3 is 2.40 bits per heavy atom. The number of piperazine rings is 1. The highest BCUT2D eigenvalue weighted by Gasteiger charge is 2.20. The van der Waals surface area contributed by atoms with Crippen LogP contribution in [0.5, 0.6) is 0 Å². The smallest absolute Gasteiger partial charge is 0.0900 e. The third-order valence-electron chi connectivity index (χ3n) is 4.83. The number of rotatable bonds is 7. The standard InChI is InChI=1S/C21H30N2O2/c1-17(2)25-16-20(24)15-23-12-10-22(11-13-23)14-19-8-5-7-18-6-3-4-9-21(18)19/h3-9,17,20,24H,10-16H2,1-2H3. The van der Waals surface area contributed by atoms with Crippen molar-refractivity contribution in [1.29, 1.82) is 0 Å². The molecule has 1 fully saturated rings. The van der Waals surface area contributed by atoms with Gasteiger partial charge in [0, 0.05) is 39.3 Å². The van der Waals surface area contributed by atoms with Gasteiger partial charge in [-0.05, 0) is 30.2 Å². The summed E-state index contributed by atoms with van der Waals surface area (Å²) < 4.78 is 5.50. The average molecular weight is 342 g/mol. The van der Waals surface area contributed by atoms with E-state index in [9.17, 15) is 5.11 Å². The molecule has 0 radical (unpaired) electrons. The van der Waals surface area contributed by atoms with Gasteiger partial charge in [-0.15, -0.1) is 0 Å². The molecule has 4 nitrogen and oxygen atoms in total. The number of benzene rings is 2. The molecule has 2 aromatic rings. The van der Waals surface area contributed by atoms with Gasteiger partial charge in [0.15, 0.2) is 0 Å². The van der Waals surface area contributed by atoms with Gasteiger partial charge >= 0.3 is 0 Å². The Labute approximate surface area is 151 Å². The second-order valence-electron chi connectivity index (χ2n) is 7.25. The minimum Gasteiger partial charge on any atom is -0.389 e. The highest BCUT2D eigenvalue weighted by molar-refractivity contribution is 5.85. The predicted octanol–water partition coefficient (Wildman–Crippen LogP) is 2.74. The van der Waals surface area contributed by atoms with Crippen molar-refractivity contribution in [3.8, 4) is 0 Å². The summed E-state index contributed by atoms with van der Waals surface area (Å²) in [6.07, 6.45) is -0.223. The predicted molar refractivity (Wildman–Crippen MR) is 103 cm³/mol. The molecule has 1 atom stereocenters. The molecular weight excluding hydrogens is 312 g/mol. The topological polar surface area (TPSA) is 35.9 Å². The van der Waals surface area contributed by atoms with Crippen LogP contribution in [-0.4, -0.2) is 66.4 Å². The Morgan fingerprint density at radius 1 is 0.960 bits per heavy atom.